The maximum atomic E-state index is 12.2. The maximum Gasteiger partial charge on any atom is 0.410 e. The van der Waals surface area contributed by atoms with Crippen molar-refractivity contribution in [2.24, 2.45) is 0 Å². The molecule has 20 heavy (non-hydrogen) atoms. The molecular weight excluding hydrogens is 330 g/mol. The van der Waals surface area contributed by atoms with Crippen molar-refractivity contribution in [3.63, 3.8) is 0 Å². The Labute approximate surface area is 128 Å². The summed E-state index contributed by atoms with van der Waals surface area (Å²) in [4.78, 5) is 13.7. The van der Waals surface area contributed by atoms with E-state index in [1.165, 1.54) is 12.0 Å². The van der Waals surface area contributed by atoms with E-state index in [2.05, 4.69) is 15.9 Å². The summed E-state index contributed by atoms with van der Waals surface area (Å²) in [6.45, 7) is 6.38. The molecule has 0 aromatic heterocycles. The highest BCUT2D eigenvalue weighted by Crippen LogP contribution is 2.25. The van der Waals surface area contributed by atoms with Gasteiger partial charge in [-0.3, -0.25) is 4.90 Å². The number of aliphatic hydroxyl groups excluding tert-OH is 1. The quantitative estimate of drug-likeness (QED) is 0.602. The summed E-state index contributed by atoms with van der Waals surface area (Å²) in [5, 5.41) is 10.6. The highest BCUT2D eigenvalue weighted by molar-refractivity contribution is 9.09. The van der Waals surface area contributed by atoms with Crippen LogP contribution in [0.5, 0.6) is 0 Å². The summed E-state index contributed by atoms with van der Waals surface area (Å²) >= 11 is 3.29. The molecule has 0 aromatic carbocycles. The van der Waals surface area contributed by atoms with Crippen LogP contribution in [-0.4, -0.2) is 65.7 Å². The molecule has 0 radical (unpaired) electrons. The van der Waals surface area contributed by atoms with E-state index in [0.29, 0.717) is 19.6 Å². The predicted octanol–water partition coefficient (Wildman–Crippen LogP) is 1.74. The van der Waals surface area contributed by atoms with E-state index in [9.17, 15) is 9.90 Å². The molecule has 7 heteroatoms. The largest absolute Gasteiger partial charge is 0.444 e. The van der Waals surface area contributed by atoms with Gasteiger partial charge in [-0.15, -0.1) is 0 Å². The molecule has 1 aliphatic heterocycles. The number of hydrogen-bond acceptors (Lipinski definition) is 5. The summed E-state index contributed by atoms with van der Waals surface area (Å²) in [6.07, 6.45) is -1.08. The van der Waals surface area contributed by atoms with Gasteiger partial charge in [-0.1, -0.05) is 15.9 Å². The van der Waals surface area contributed by atoms with E-state index >= 15 is 0 Å². The number of nitrogens with zero attached hydrogens (tertiary/aromatic N) is 1. The van der Waals surface area contributed by atoms with Gasteiger partial charge in [0.15, 0.2) is 6.29 Å². The van der Waals surface area contributed by atoms with Gasteiger partial charge in [0.05, 0.1) is 25.3 Å². The van der Waals surface area contributed by atoms with Crippen molar-refractivity contribution in [2.45, 2.75) is 51.2 Å². The van der Waals surface area contributed by atoms with E-state index in [-0.39, 0.29) is 6.10 Å². The first-order valence-corrected chi connectivity index (χ1v) is 7.78. The lowest BCUT2D eigenvalue weighted by atomic mass is 10.2. The number of carbonyl (C=O) groups is 1. The molecule has 3 atom stereocenters. The van der Waals surface area contributed by atoms with Gasteiger partial charge in [0.2, 0.25) is 0 Å². The van der Waals surface area contributed by atoms with Crippen LogP contribution in [0.4, 0.5) is 4.79 Å². The first kappa shape index (κ1) is 17.7. The number of ether oxygens (including phenoxy) is 3. The van der Waals surface area contributed by atoms with Crippen molar-refractivity contribution >= 4 is 22.0 Å². The number of methoxy groups -OCH3 is 1. The summed E-state index contributed by atoms with van der Waals surface area (Å²) in [5.41, 5.74) is -0.575. The summed E-state index contributed by atoms with van der Waals surface area (Å²) in [6, 6.07) is -0.449. The molecule has 118 valence electrons. The van der Waals surface area contributed by atoms with E-state index in [1.54, 1.807) is 0 Å². The third kappa shape index (κ3) is 5.20. The first-order chi connectivity index (χ1) is 9.28. The van der Waals surface area contributed by atoms with Gasteiger partial charge in [0.1, 0.15) is 5.60 Å². The lowest BCUT2D eigenvalue weighted by molar-refractivity contribution is -0.116. The fraction of sp³-hybridized carbons (Fsp3) is 0.923. The third-order valence-corrected chi connectivity index (χ3v) is 3.26. The molecule has 0 spiro atoms. The van der Waals surface area contributed by atoms with Crippen LogP contribution < -0.4 is 0 Å². The van der Waals surface area contributed by atoms with Gasteiger partial charge >= 0.3 is 6.09 Å². The van der Waals surface area contributed by atoms with Crippen LogP contribution in [0.3, 0.4) is 0 Å². The van der Waals surface area contributed by atoms with Crippen molar-refractivity contribution in [1.29, 1.82) is 0 Å². The summed E-state index contributed by atoms with van der Waals surface area (Å²) < 4.78 is 15.9. The molecule has 1 heterocycles. The van der Waals surface area contributed by atoms with E-state index < -0.39 is 24.0 Å². The number of likely N-dealkylation sites (tertiary alicyclic amines) is 1. The van der Waals surface area contributed by atoms with E-state index in [4.69, 9.17) is 14.2 Å². The molecule has 1 N–H and O–H groups in total. The normalized spacial score (nSPS) is 24.8. The molecule has 1 fully saturated rings. The van der Waals surface area contributed by atoms with Crippen molar-refractivity contribution in [2.75, 3.05) is 25.6 Å². The second-order valence-corrected chi connectivity index (χ2v) is 6.54. The second kappa shape index (κ2) is 7.59. The molecule has 1 aliphatic rings. The fourth-order valence-electron chi connectivity index (χ4n) is 2.12. The minimum absolute atomic E-state index is 0.116. The third-order valence-electron chi connectivity index (χ3n) is 2.93. The van der Waals surface area contributed by atoms with Crippen LogP contribution in [0.2, 0.25) is 0 Å². The van der Waals surface area contributed by atoms with Crippen LogP contribution in [0.15, 0.2) is 0 Å². The van der Waals surface area contributed by atoms with Crippen LogP contribution in [0.1, 0.15) is 27.2 Å². The zero-order valence-electron chi connectivity index (χ0n) is 12.5. The Balaban J connectivity index is 2.71. The number of hydrogen-bond donors (Lipinski definition) is 1. The SMILES string of the molecule is COC(O)C1CC(OCCBr)CN1C(=O)OC(C)(C)C. The second-order valence-electron chi connectivity index (χ2n) is 5.74. The molecule has 0 aliphatic carbocycles. The van der Waals surface area contributed by atoms with E-state index in [0.717, 1.165) is 5.33 Å². The smallest absolute Gasteiger partial charge is 0.410 e. The Morgan fingerprint density at radius 1 is 1.50 bits per heavy atom. The zero-order valence-corrected chi connectivity index (χ0v) is 14.1. The lowest BCUT2D eigenvalue weighted by Gasteiger charge is -2.30. The van der Waals surface area contributed by atoms with Gasteiger partial charge in [0, 0.05) is 18.9 Å². The topological polar surface area (TPSA) is 68.2 Å². The molecule has 1 saturated heterocycles. The minimum Gasteiger partial charge on any atom is -0.444 e. The number of aliphatic hydroxyl groups is 1. The molecule has 0 saturated carbocycles. The lowest BCUT2D eigenvalue weighted by Crippen LogP contribution is -2.45. The molecule has 0 bridgehead atoms. The Morgan fingerprint density at radius 2 is 2.15 bits per heavy atom. The molecular formula is C13H24BrNO5. The highest BCUT2D eigenvalue weighted by Gasteiger charge is 2.41. The van der Waals surface area contributed by atoms with Crippen molar-refractivity contribution in [3.8, 4) is 0 Å². The van der Waals surface area contributed by atoms with Crippen LogP contribution in [0.25, 0.3) is 0 Å². The predicted molar refractivity (Wildman–Crippen MR) is 77.9 cm³/mol. The Kier molecular flexibility index (Phi) is 6.71. The molecule has 6 nitrogen and oxygen atoms in total. The maximum absolute atomic E-state index is 12.2. The number of amides is 1. The van der Waals surface area contributed by atoms with Crippen LogP contribution in [0, 0.1) is 0 Å². The fourth-order valence-corrected chi connectivity index (χ4v) is 2.30. The van der Waals surface area contributed by atoms with Crippen molar-refractivity contribution < 1.29 is 24.1 Å². The standard InChI is InChI=1S/C13H24BrNO5/c1-13(2,3)20-12(17)15-8-9(19-6-5-14)7-10(15)11(16)18-4/h9-11,16H,5-8H2,1-4H3. The summed E-state index contributed by atoms with van der Waals surface area (Å²) in [5.74, 6) is 0. The zero-order chi connectivity index (χ0) is 15.3. The Bertz CT molecular complexity index is 320. The molecule has 3 unspecified atom stereocenters. The van der Waals surface area contributed by atoms with Crippen LogP contribution in [-0.2, 0) is 14.2 Å². The van der Waals surface area contributed by atoms with Gasteiger partial charge < -0.3 is 19.3 Å². The molecule has 1 amide bonds. The van der Waals surface area contributed by atoms with Gasteiger partial charge in [-0.25, -0.2) is 4.79 Å². The van der Waals surface area contributed by atoms with Crippen molar-refractivity contribution in [3.05, 3.63) is 0 Å². The van der Waals surface area contributed by atoms with Crippen molar-refractivity contribution in [1.82, 2.24) is 4.90 Å². The molecule has 0 aromatic rings. The number of rotatable bonds is 5. The molecule has 1 rings (SSSR count). The average molecular weight is 354 g/mol. The average Bonchev–Trinajstić information content (AvgIpc) is 2.77. The number of halogens is 1. The highest BCUT2D eigenvalue weighted by atomic mass is 79.9. The van der Waals surface area contributed by atoms with Gasteiger partial charge in [-0.2, -0.15) is 0 Å². The van der Waals surface area contributed by atoms with Gasteiger partial charge in [0.25, 0.3) is 0 Å². The first-order valence-electron chi connectivity index (χ1n) is 6.66. The monoisotopic (exact) mass is 353 g/mol. The number of carbonyl (C=O) groups excluding carboxylic acids is 1. The minimum atomic E-state index is -1.04. The Morgan fingerprint density at radius 3 is 2.65 bits per heavy atom. The summed E-state index contributed by atoms with van der Waals surface area (Å²) in [7, 11) is 1.41. The van der Waals surface area contributed by atoms with Gasteiger partial charge in [-0.05, 0) is 20.8 Å². The van der Waals surface area contributed by atoms with E-state index in [1.807, 2.05) is 20.8 Å². The number of alkyl halides is 1. The van der Waals surface area contributed by atoms with Crippen LogP contribution >= 0.6 is 15.9 Å². The Hall–Kier alpha value is -0.370.